The van der Waals surface area contributed by atoms with Crippen molar-refractivity contribution in [3.05, 3.63) is 0 Å². The maximum Gasteiger partial charge on any atom is 0.460 e. The van der Waals surface area contributed by atoms with Gasteiger partial charge in [0.15, 0.2) is 0 Å². The van der Waals surface area contributed by atoms with Gasteiger partial charge in [-0.3, -0.25) is 0 Å². The number of halogens is 20. The summed E-state index contributed by atoms with van der Waals surface area (Å²) >= 11 is 0. The van der Waals surface area contributed by atoms with Gasteiger partial charge in [-0.1, -0.05) is 0 Å². The summed E-state index contributed by atoms with van der Waals surface area (Å²) in [6.07, 6.45) is -7.73. The zero-order valence-corrected chi connectivity index (χ0v) is 17.1. The van der Waals surface area contributed by atoms with Crippen LogP contribution in [0.25, 0.3) is 0 Å². The van der Waals surface area contributed by atoms with Crippen LogP contribution >= 0.6 is 37.2 Å². The summed E-state index contributed by atoms with van der Waals surface area (Å²) in [6, 6.07) is 0. The predicted octanol–water partition coefficient (Wildman–Crippen LogP) is 5.58. The Morgan fingerprint density at radius 1 is 0.310 bits per heavy atom. The van der Waals surface area contributed by atoms with Gasteiger partial charge in [0.1, 0.15) is 0 Å². The summed E-state index contributed by atoms with van der Waals surface area (Å²) in [5.74, 6) is -49.2. The van der Waals surface area contributed by atoms with Gasteiger partial charge in [-0.05, 0) is 0 Å². The van der Waals surface area contributed by atoms with Gasteiger partial charge >= 0.3 is 41.7 Å². The number of rotatable bonds is 6. The van der Waals surface area contributed by atoms with Crippen LogP contribution in [0.15, 0.2) is 0 Å². The van der Waals surface area contributed by atoms with Gasteiger partial charge in [0.25, 0.3) is 5.55 Å². The minimum Gasteiger partial charge on any atom is -0.206 e. The molecule has 0 aromatic rings. The molecule has 21 heteroatoms. The maximum absolute atomic E-state index is 12.9. The van der Waals surface area contributed by atoms with Crippen LogP contribution in [0.1, 0.15) is 0 Å². The Balaban J connectivity index is -0.00000104. The van der Waals surface area contributed by atoms with Crippen LogP contribution in [-0.4, -0.2) is 57.5 Å². The van der Waals surface area contributed by atoms with E-state index in [-0.39, 0.29) is 37.2 Å². The number of hydrogen-bond donors (Lipinski definition) is 0. The summed E-state index contributed by atoms with van der Waals surface area (Å²) in [5, 5.41) is 0. The molecule has 0 aliphatic rings. The van der Waals surface area contributed by atoms with E-state index in [1.165, 1.54) is 0 Å². The lowest BCUT2D eigenvalue weighted by Gasteiger charge is -2.42. The number of hydrogen-bond acceptors (Lipinski definition) is 0. The first kappa shape index (κ1) is 36.3. The van der Waals surface area contributed by atoms with E-state index < -0.39 is 57.5 Å². The quantitative estimate of drug-likeness (QED) is 0.294. The second kappa shape index (κ2) is 8.80. The molecule has 0 saturated heterocycles. The average molecular weight is 560 g/mol. The van der Waals surface area contributed by atoms with E-state index in [4.69, 9.17) is 0 Å². The fourth-order valence-corrected chi connectivity index (χ4v) is 1.56. The van der Waals surface area contributed by atoms with Gasteiger partial charge in [-0.25, -0.2) is 8.78 Å². The average Bonchev–Trinajstić information content (AvgIpc) is 2.34. The third kappa shape index (κ3) is 4.73. The Morgan fingerprint density at radius 2 is 0.483 bits per heavy atom. The predicted molar refractivity (Wildman–Crippen MR) is 72.4 cm³/mol. The van der Waals surface area contributed by atoms with Crippen LogP contribution in [0.3, 0.4) is 0 Å². The first-order valence-corrected chi connectivity index (χ1v) is 6.46. The van der Waals surface area contributed by atoms with Crippen LogP contribution in [-0.2, 0) is 0 Å². The lowest BCUT2D eigenvalue weighted by Crippen LogP contribution is -2.74. The Labute approximate surface area is 170 Å². The molecule has 0 unspecified atom stereocenters. The van der Waals surface area contributed by atoms with Crippen molar-refractivity contribution < 1.29 is 74.6 Å². The van der Waals surface area contributed by atoms with E-state index in [0.717, 1.165) is 0 Å². The highest BCUT2D eigenvalue weighted by Gasteiger charge is 2.94. The molecule has 0 N–H and O–H groups in total. The normalized spacial score (nSPS) is 15.2. The van der Waals surface area contributed by atoms with Crippen molar-refractivity contribution in [3.8, 4) is 0 Å². The minimum absolute atomic E-state index is 0. The Kier molecular flexibility index (Phi) is 11.0. The minimum atomic E-state index is -8.54. The lowest BCUT2D eigenvalue weighted by molar-refractivity contribution is -0.458. The molecule has 0 saturated carbocycles. The Hall–Kier alpha value is -0.103. The fraction of sp³-hybridized carbons (Fsp3) is 1.00. The van der Waals surface area contributed by atoms with E-state index in [1.807, 2.05) is 0 Å². The zero-order valence-electron chi connectivity index (χ0n) is 12.7. The molecule has 0 aliphatic carbocycles. The third-order valence-corrected chi connectivity index (χ3v) is 3.51. The highest BCUT2D eigenvalue weighted by molar-refractivity contribution is 6.14. The molecule has 0 aliphatic heterocycles. The van der Waals surface area contributed by atoms with Crippen molar-refractivity contribution >= 4 is 47.5 Å². The molecule has 0 rings (SSSR count). The van der Waals surface area contributed by atoms with Gasteiger partial charge in [0, 0.05) is 0 Å². The second-order valence-corrected chi connectivity index (χ2v) is 6.09. The van der Waals surface area contributed by atoms with E-state index in [1.54, 1.807) is 0 Å². The monoisotopic (exact) mass is 558 g/mol. The molecule has 0 fully saturated rings. The van der Waals surface area contributed by atoms with Gasteiger partial charge in [-0.2, -0.15) is 65.9 Å². The van der Waals surface area contributed by atoms with E-state index in [2.05, 4.69) is 0 Å². The Morgan fingerprint density at radius 3 is 0.655 bits per heavy atom. The highest BCUT2D eigenvalue weighted by Crippen LogP contribution is 2.63. The molecule has 182 valence electrons. The van der Waals surface area contributed by atoms with Crippen molar-refractivity contribution in [3.63, 3.8) is 0 Å². The van der Waals surface area contributed by atoms with Crippen LogP contribution in [0.2, 0.25) is 0 Å². The Bertz CT molecular complexity index is 488. The molecule has 0 aromatic heterocycles. The number of alkyl halides is 17. The van der Waals surface area contributed by atoms with Gasteiger partial charge in [0.05, 0.1) is 10.2 Å². The van der Waals surface area contributed by atoms with Crippen LogP contribution in [0, 0.1) is 0 Å². The standard InChI is InChI=1S/C8H3F17Si.3ClH/c9-1(10,3(13,14)5(17,18)7(21,22)23)2(11,12)4(15,16)6(19,20)8(24,25)26;;;/h26H3;3*1H. The maximum atomic E-state index is 12.9. The fourth-order valence-electron chi connectivity index (χ4n) is 1.24. The first-order valence-electron chi connectivity index (χ1n) is 5.46. The van der Waals surface area contributed by atoms with Gasteiger partial charge in [0.2, 0.25) is 0 Å². The lowest BCUT2D eigenvalue weighted by atomic mass is 9.91. The summed E-state index contributed by atoms with van der Waals surface area (Å²) in [6.45, 7) is 0. The van der Waals surface area contributed by atoms with Crippen LogP contribution in [0.5, 0.6) is 0 Å². The molecule has 0 radical (unpaired) electrons. The molecule has 29 heavy (non-hydrogen) atoms. The molecule has 0 spiro atoms. The van der Waals surface area contributed by atoms with Crippen molar-refractivity contribution in [1.29, 1.82) is 0 Å². The third-order valence-electron chi connectivity index (χ3n) is 2.88. The molecular weight excluding hydrogens is 553 g/mol. The molecule has 0 aromatic carbocycles. The second-order valence-electron chi connectivity index (χ2n) is 4.83. The van der Waals surface area contributed by atoms with Crippen LogP contribution < -0.4 is 0 Å². The van der Waals surface area contributed by atoms with E-state index in [9.17, 15) is 74.6 Å². The largest absolute Gasteiger partial charge is 0.460 e. The first-order chi connectivity index (χ1) is 10.8. The summed E-state index contributed by atoms with van der Waals surface area (Å²) in [5.41, 5.74) is -6.17. The SMILES string of the molecule is Cl.Cl.Cl.FC(F)(F)C(F)(F)C(F)(F)C(F)(F)C(F)(F)C(F)(F)C(F)(F)C(F)(F)[SiH3]. The summed E-state index contributed by atoms with van der Waals surface area (Å²) < 4.78 is 213. The summed E-state index contributed by atoms with van der Waals surface area (Å²) in [4.78, 5) is 0. The van der Waals surface area contributed by atoms with Crippen molar-refractivity contribution in [2.24, 2.45) is 0 Å². The smallest absolute Gasteiger partial charge is 0.206 e. The van der Waals surface area contributed by atoms with Gasteiger partial charge < -0.3 is 0 Å². The van der Waals surface area contributed by atoms with Gasteiger partial charge in [-0.15, -0.1) is 37.2 Å². The topological polar surface area (TPSA) is 0 Å². The molecule has 0 bridgehead atoms. The highest BCUT2D eigenvalue weighted by atomic mass is 35.5. The molecular formula is C8H6Cl3F17Si. The van der Waals surface area contributed by atoms with Crippen molar-refractivity contribution in [2.75, 3.05) is 0 Å². The van der Waals surface area contributed by atoms with E-state index >= 15 is 0 Å². The van der Waals surface area contributed by atoms with Crippen LogP contribution in [0.4, 0.5) is 74.6 Å². The zero-order chi connectivity index (χ0) is 22.0. The van der Waals surface area contributed by atoms with Crippen molar-refractivity contribution in [2.45, 2.75) is 47.3 Å². The molecule has 0 heterocycles. The molecule has 0 nitrogen and oxygen atoms in total. The molecule has 0 atom stereocenters. The summed E-state index contributed by atoms with van der Waals surface area (Å²) in [7, 11) is -2.45. The molecule has 0 amide bonds. The van der Waals surface area contributed by atoms with E-state index in [0.29, 0.717) is 0 Å². The van der Waals surface area contributed by atoms with Crippen molar-refractivity contribution in [1.82, 2.24) is 0 Å².